The summed E-state index contributed by atoms with van der Waals surface area (Å²) in [5.74, 6) is 0.559. The Morgan fingerprint density at radius 1 is 0.975 bits per heavy atom. The SMILES string of the molecule is C[C@@H](c1ccc(-c2nc3c(=O)n(C)c(=O)n(C)c3n2C)cc1)N1CC[C@](CC(C)(C)O)(c2ccccc2)OC1=O. The lowest BCUT2D eigenvalue weighted by Crippen LogP contribution is -2.51. The Morgan fingerprint density at radius 2 is 1.62 bits per heavy atom. The number of imidazole rings is 1. The first-order valence-corrected chi connectivity index (χ1v) is 13.3. The van der Waals surface area contributed by atoms with Crippen molar-refractivity contribution in [1.29, 1.82) is 0 Å². The van der Waals surface area contributed by atoms with Crippen LogP contribution in [0, 0.1) is 0 Å². The number of hydrogen-bond acceptors (Lipinski definition) is 6. The molecule has 2 aromatic carbocycles. The van der Waals surface area contributed by atoms with Gasteiger partial charge in [0, 0.05) is 46.1 Å². The Morgan fingerprint density at radius 3 is 2.23 bits per heavy atom. The fourth-order valence-electron chi connectivity index (χ4n) is 5.82. The number of carbonyl (C=O) groups excluding carboxylic acids is 1. The molecule has 2 atom stereocenters. The van der Waals surface area contributed by atoms with Crippen molar-refractivity contribution >= 4 is 17.3 Å². The number of cyclic esters (lactones) is 1. The summed E-state index contributed by atoms with van der Waals surface area (Å²) in [6, 6.07) is 17.0. The van der Waals surface area contributed by atoms with Crippen LogP contribution in [0.3, 0.4) is 0 Å². The minimum absolute atomic E-state index is 0.226. The Hall–Kier alpha value is -4.18. The molecule has 2 aromatic heterocycles. The zero-order chi connectivity index (χ0) is 29.0. The second-order valence-corrected chi connectivity index (χ2v) is 11.3. The second-order valence-electron chi connectivity index (χ2n) is 11.3. The monoisotopic (exact) mass is 545 g/mol. The first-order valence-electron chi connectivity index (χ1n) is 13.3. The molecule has 1 saturated heterocycles. The first kappa shape index (κ1) is 27.4. The van der Waals surface area contributed by atoms with Crippen LogP contribution >= 0.6 is 0 Å². The molecule has 1 amide bonds. The van der Waals surface area contributed by atoms with Gasteiger partial charge in [-0.15, -0.1) is 0 Å². The number of aryl methyl sites for hydroxylation is 2. The third-order valence-corrected chi connectivity index (χ3v) is 7.87. The molecule has 0 unspecified atom stereocenters. The molecule has 0 spiro atoms. The maximum absolute atomic E-state index is 13.4. The van der Waals surface area contributed by atoms with Crippen LogP contribution < -0.4 is 11.2 Å². The summed E-state index contributed by atoms with van der Waals surface area (Å²) in [4.78, 5) is 44.7. The molecule has 0 bridgehead atoms. The molecule has 40 heavy (non-hydrogen) atoms. The van der Waals surface area contributed by atoms with Gasteiger partial charge >= 0.3 is 11.8 Å². The maximum Gasteiger partial charge on any atom is 0.411 e. The molecule has 1 N–H and O–H groups in total. The van der Waals surface area contributed by atoms with Crippen LogP contribution in [0.15, 0.2) is 64.2 Å². The highest BCUT2D eigenvalue weighted by Crippen LogP contribution is 2.42. The number of ether oxygens (including phenoxy) is 1. The van der Waals surface area contributed by atoms with Crippen LogP contribution in [0.1, 0.15) is 50.8 Å². The van der Waals surface area contributed by atoms with Crippen LogP contribution in [0.25, 0.3) is 22.6 Å². The third kappa shape index (κ3) is 4.62. The van der Waals surface area contributed by atoms with Crippen molar-refractivity contribution < 1.29 is 14.6 Å². The molecule has 1 aliphatic heterocycles. The van der Waals surface area contributed by atoms with E-state index in [4.69, 9.17) is 4.74 Å². The van der Waals surface area contributed by atoms with Gasteiger partial charge in [-0.05, 0) is 31.9 Å². The molecule has 10 heteroatoms. The summed E-state index contributed by atoms with van der Waals surface area (Å²) in [6.45, 7) is 5.87. The first-order chi connectivity index (χ1) is 18.8. The molecular weight excluding hydrogens is 510 g/mol. The van der Waals surface area contributed by atoms with Crippen LogP contribution in [-0.4, -0.2) is 46.9 Å². The smallest absolute Gasteiger partial charge is 0.411 e. The average molecular weight is 546 g/mol. The van der Waals surface area contributed by atoms with E-state index in [1.807, 2.05) is 61.5 Å². The van der Waals surface area contributed by atoms with Gasteiger partial charge in [0.2, 0.25) is 0 Å². The summed E-state index contributed by atoms with van der Waals surface area (Å²) in [6.07, 6.45) is 0.408. The maximum atomic E-state index is 13.4. The molecule has 0 radical (unpaired) electrons. The molecule has 4 aromatic rings. The molecule has 1 aliphatic rings. The van der Waals surface area contributed by atoms with Crippen LogP contribution in [0.2, 0.25) is 0 Å². The Balaban J connectivity index is 1.41. The topological polar surface area (TPSA) is 112 Å². The largest absolute Gasteiger partial charge is 0.438 e. The number of amides is 1. The van der Waals surface area contributed by atoms with E-state index in [0.29, 0.717) is 30.9 Å². The number of carbonyl (C=O) groups is 1. The zero-order valence-corrected chi connectivity index (χ0v) is 23.7. The van der Waals surface area contributed by atoms with Gasteiger partial charge in [0.05, 0.1) is 11.6 Å². The van der Waals surface area contributed by atoms with Gasteiger partial charge in [-0.3, -0.25) is 13.9 Å². The quantitative estimate of drug-likeness (QED) is 0.396. The molecule has 0 saturated carbocycles. The van der Waals surface area contributed by atoms with Crippen molar-refractivity contribution in [2.24, 2.45) is 21.1 Å². The van der Waals surface area contributed by atoms with Crippen molar-refractivity contribution in [2.75, 3.05) is 6.54 Å². The van der Waals surface area contributed by atoms with Gasteiger partial charge in [-0.25, -0.2) is 14.6 Å². The number of benzene rings is 2. The Labute approximate surface area is 232 Å². The minimum Gasteiger partial charge on any atom is -0.438 e. The van der Waals surface area contributed by atoms with Gasteiger partial charge in [-0.1, -0.05) is 54.6 Å². The van der Waals surface area contributed by atoms with Crippen LogP contribution in [-0.2, 0) is 31.5 Å². The normalized spacial score (nSPS) is 18.7. The lowest BCUT2D eigenvalue weighted by Gasteiger charge is -2.45. The highest BCUT2D eigenvalue weighted by atomic mass is 16.6. The Kier molecular flexibility index (Phi) is 6.70. The van der Waals surface area contributed by atoms with E-state index in [1.54, 1.807) is 37.4 Å². The van der Waals surface area contributed by atoms with E-state index in [9.17, 15) is 19.5 Å². The van der Waals surface area contributed by atoms with Crippen molar-refractivity contribution in [2.45, 2.75) is 50.9 Å². The van der Waals surface area contributed by atoms with Gasteiger partial charge in [0.15, 0.2) is 5.52 Å². The van der Waals surface area contributed by atoms with E-state index < -0.39 is 28.5 Å². The minimum atomic E-state index is -1.02. The van der Waals surface area contributed by atoms with Gasteiger partial charge in [-0.2, -0.15) is 0 Å². The molecule has 0 aliphatic carbocycles. The van der Waals surface area contributed by atoms with Gasteiger partial charge in [0.25, 0.3) is 5.56 Å². The van der Waals surface area contributed by atoms with E-state index in [0.717, 1.165) is 21.3 Å². The predicted octanol–water partition coefficient (Wildman–Crippen LogP) is 3.60. The number of fused-ring (bicyclic) bond motifs is 1. The van der Waals surface area contributed by atoms with Crippen molar-refractivity contribution in [3.63, 3.8) is 0 Å². The summed E-state index contributed by atoms with van der Waals surface area (Å²) >= 11 is 0. The van der Waals surface area contributed by atoms with E-state index >= 15 is 0 Å². The highest BCUT2D eigenvalue weighted by Gasteiger charge is 2.46. The van der Waals surface area contributed by atoms with E-state index in [-0.39, 0.29) is 11.6 Å². The van der Waals surface area contributed by atoms with E-state index in [2.05, 4.69) is 4.98 Å². The fourth-order valence-corrected chi connectivity index (χ4v) is 5.82. The van der Waals surface area contributed by atoms with Crippen molar-refractivity contribution in [3.8, 4) is 11.4 Å². The van der Waals surface area contributed by atoms with E-state index in [1.165, 1.54) is 11.6 Å². The predicted molar refractivity (Wildman–Crippen MR) is 152 cm³/mol. The summed E-state index contributed by atoms with van der Waals surface area (Å²) in [7, 11) is 4.83. The second kappa shape index (κ2) is 9.78. The molecule has 3 heterocycles. The standard InChI is InChI=1S/C30H35N5O5/c1-19(35-17-16-30(40-28(35)38,18-29(2,3)39)22-10-8-7-9-11-22)20-12-14-21(15-13-20)24-31-23-25(32(24)4)33(5)27(37)34(6)26(23)36/h7-15,19,39H,16-18H2,1-6H3/t19-,30-/m0/s1. The number of aliphatic hydroxyl groups is 1. The van der Waals surface area contributed by atoms with Crippen LogP contribution in [0.5, 0.6) is 0 Å². The average Bonchev–Trinajstić information content (AvgIpc) is 3.27. The molecule has 210 valence electrons. The zero-order valence-electron chi connectivity index (χ0n) is 23.7. The van der Waals surface area contributed by atoms with Crippen LogP contribution in [0.4, 0.5) is 4.79 Å². The van der Waals surface area contributed by atoms with Crippen molar-refractivity contribution in [1.82, 2.24) is 23.6 Å². The number of hydrogen-bond donors (Lipinski definition) is 1. The highest BCUT2D eigenvalue weighted by molar-refractivity contribution is 5.77. The molecule has 5 rings (SSSR count). The lowest BCUT2D eigenvalue weighted by molar-refractivity contribution is -0.101. The molecule has 10 nitrogen and oxygen atoms in total. The van der Waals surface area contributed by atoms with Gasteiger partial charge < -0.3 is 19.3 Å². The number of aromatic nitrogens is 4. The molecular formula is C30H35N5O5. The lowest BCUT2D eigenvalue weighted by atomic mass is 9.80. The van der Waals surface area contributed by atoms with Gasteiger partial charge in [0.1, 0.15) is 17.1 Å². The fraction of sp³-hybridized carbons (Fsp3) is 0.400. The summed E-state index contributed by atoms with van der Waals surface area (Å²) in [5, 5.41) is 10.6. The summed E-state index contributed by atoms with van der Waals surface area (Å²) in [5.41, 5.74) is 0.453. The van der Waals surface area contributed by atoms with Crippen molar-refractivity contribution in [3.05, 3.63) is 86.6 Å². The number of nitrogens with zero attached hydrogens (tertiary/aromatic N) is 5. The molecule has 1 fully saturated rings. The summed E-state index contributed by atoms with van der Waals surface area (Å²) < 4.78 is 10.3. The Bertz CT molecular complexity index is 1700. The third-order valence-electron chi connectivity index (χ3n) is 7.87. The number of rotatable bonds is 6.